The number of hydrogen-bond donors (Lipinski definition) is 1. The van der Waals surface area contributed by atoms with E-state index in [4.69, 9.17) is 18.7 Å². The second kappa shape index (κ2) is 8.95. The van der Waals surface area contributed by atoms with Crippen LogP contribution in [0.25, 0.3) is 11.4 Å². The molecule has 31 heavy (non-hydrogen) atoms. The van der Waals surface area contributed by atoms with Crippen LogP contribution in [0.15, 0.2) is 47.0 Å². The van der Waals surface area contributed by atoms with E-state index in [2.05, 4.69) is 15.5 Å². The molecule has 0 aliphatic carbocycles. The highest BCUT2D eigenvalue weighted by molar-refractivity contribution is 5.90. The van der Waals surface area contributed by atoms with Gasteiger partial charge in [-0.3, -0.25) is 0 Å². The molecule has 1 atom stereocenters. The van der Waals surface area contributed by atoms with Crippen molar-refractivity contribution in [2.24, 2.45) is 0 Å². The SMILES string of the molecule is COc1ccc(NC(=O)N2CCC[C@H]2c2nc(-c3ccccc3OC)no2)cc1OC. The summed E-state index contributed by atoms with van der Waals surface area (Å²) in [6, 6.07) is 12.1. The Balaban J connectivity index is 1.52. The van der Waals surface area contributed by atoms with Gasteiger partial charge in [0.05, 0.1) is 26.9 Å². The van der Waals surface area contributed by atoms with Crippen molar-refractivity contribution in [1.82, 2.24) is 15.0 Å². The minimum atomic E-state index is -0.295. The summed E-state index contributed by atoms with van der Waals surface area (Å²) in [6.07, 6.45) is 1.59. The summed E-state index contributed by atoms with van der Waals surface area (Å²) in [4.78, 5) is 19.2. The highest BCUT2D eigenvalue weighted by Crippen LogP contribution is 2.35. The number of nitrogens with one attached hydrogen (secondary N) is 1. The van der Waals surface area contributed by atoms with Crippen molar-refractivity contribution in [3.05, 3.63) is 48.4 Å². The molecule has 9 nitrogen and oxygen atoms in total. The van der Waals surface area contributed by atoms with E-state index in [9.17, 15) is 4.79 Å². The van der Waals surface area contributed by atoms with Gasteiger partial charge in [0.15, 0.2) is 11.5 Å². The second-order valence-corrected chi connectivity index (χ2v) is 7.01. The predicted octanol–water partition coefficient (Wildman–Crippen LogP) is 4.13. The number of anilines is 1. The second-order valence-electron chi connectivity index (χ2n) is 7.01. The third-order valence-corrected chi connectivity index (χ3v) is 5.22. The van der Waals surface area contributed by atoms with Crippen LogP contribution >= 0.6 is 0 Å². The zero-order chi connectivity index (χ0) is 21.8. The molecule has 162 valence electrons. The number of urea groups is 1. The predicted molar refractivity (Wildman–Crippen MR) is 114 cm³/mol. The van der Waals surface area contributed by atoms with E-state index in [-0.39, 0.29) is 12.1 Å². The number of rotatable bonds is 6. The van der Waals surface area contributed by atoms with E-state index in [1.54, 1.807) is 44.4 Å². The zero-order valence-electron chi connectivity index (χ0n) is 17.6. The van der Waals surface area contributed by atoms with Crippen LogP contribution < -0.4 is 19.5 Å². The number of hydrogen-bond acceptors (Lipinski definition) is 7. The van der Waals surface area contributed by atoms with Gasteiger partial charge in [0.1, 0.15) is 11.8 Å². The first kappa shape index (κ1) is 20.5. The Morgan fingerprint density at radius 1 is 1.06 bits per heavy atom. The van der Waals surface area contributed by atoms with Crippen LogP contribution in [0.3, 0.4) is 0 Å². The third-order valence-electron chi connectivity index (χ3n) is 5.22. The fraction of sp³-hybridized carbons (Fsp3) is 0.318. The number of methoxy groups -OCH3 is 3. The van der Waals surface area contributed by atoms with Crippen molar-refractivity contribution >= 4 is 11.7 Å². The maximum absolute atomic E-state index is 13.0. The van der Waals surface area contributed by atoms with Crippen molar-refractivity contribution in [2.45, 2.75) is 18.9 Å². The Morgan fingerprint density at radius 2 is 1.84 bits per heavy atom. The van der Waals surface area contributed by atoms with E-state index in [1.807, 2.05) is 24.3 Å². The van der Waals surface area contributed by atoms with Gasteiger partial charge in [0, 0.05) is 18.3 Å². The van der Waals surface area contributed by atoms with Gasteiger partial charge in [0.2, 0.25) is 11.7 Å². The summed E-state index contributed by atoms with van der Waals surface area (Å²) in [5, 5.41) is 7.01. The van der Waals surface area contributed by atoms with Crippen LogP contribution in [0.1, 0.15) is 24.8 Å². The van der Waals surface area contributed by atoms with Crippen LogP contribution in [-0.4, -0.2) is 48.9 Å². The van der Waals surface area contributed by atoms with Crippen molar-refractivity contribution in [3.8, 4) is 28.6 Å². The molecule has 1 aliphatic rings. The van der Waals surface area contributed by atoms with Crippen molar-refractivity contribution < 1.29 is 23.5 Å². The molecule has 2 amide bonds. The van der Waals surface area contributed by atoms with Crippen LogP contribution in [-0.2, 0) is 0 Å². The summed E-state index contributed by atoms with van der Waals surface area (Å²) in [6.45, 7) is 0.593. The zero-order valence-corrected chi connectivity index (χ0v) is 17.6. The molecule has 2 aromatic carbocycles. The molecule has 1 fully saturated rings. The molecule has 2 heterocycles. The van der Waals surface area contributed by atoms with Crippen molar-refractivity contribution in [1.29, 1.82) is 0 Å². The monoisotopic (exact) mass is 424 g/mol. The largest absolute Gasteiger partial charge is 0.496 e. The molecule has 0 bridgehead atoms. The minimum absolute atomic E-state index is 0.244. The Bertz CT molecular complexity index is 1070. The van der Waals surface area contributed by atoms with Gasteiger partial charge in [-0.2, -0.15) is 4.98 Å². The summed E-state index contributed by atoms with van der Waals surface area (Å²) >= 11 is 0. The highest BCUT2D eigenvalue weighted by Gasteiger charge is 2.34. The van der Waals surface area contributed by atoms with E-state index in [0.29, 0.717) is 41.2 Å². The molecule has 1 N–H and O–H groups in total. The number of para-hydroxylation sites is 1. The van der Waals surface area contributed by atoms with Gasteiger partial charge >= 0.3 is 6.03 Å². The van der Waals surface area contributed by atoms with Gasteiger partial charge in [-0.1, -0.05) is 17.3 Å². The van der Waals surface area contributed by atoms with E-state index in [1.165, 1.54) is 0 Å². The minimum Gasteiger partial charge on any atom is -0.496 e. The molecule has 1 aliphatic heterocycles. The summed E-state index contributed by atoms with van der Waals surface area (Å²) < 4.78 is 21.5. The fourth-order valence-electron chi connectivity index (χ4n) is 3.69. The molecule has 0 radical (unpaired) electrons. The Labute approximate surface area is 179 Å². The lowest BCUT2D eigenvalue weighted by molar-refractivity contribution is 0.193. The standard InChI is InChI=1S/C22H24N4O5/c1-28-17-9-5-4-7-15(17)20-24-21(31-25-20)16-8-6-12-26(16)22(27)23-14-10-11-18(29-2)19(13-14)30-3/h4-5,7,9-11,13,16H,6,8,12H2,1-3H3,(H,23,27)/t16-/m0/s1. The molecule has 9 heteroatoms. The number of nitrogens with zero attached hydrogens (tertiary/aromatic N) is 3. The number of amides is 2. The topological polar surface area (TPSA) is 99.0 Å². The molecule has 0 saturated carbocycles. The van der Waals surface area contributed by atoms with Gasteiger partial charge in [-0.25, -0.2) is 4.79 Å². The molecule has 0 unspecified atom stereocenters. The Kier molecular flexibility index (Phi) is 5.92. The van der Waals surface area contributed by atoms with Crippen molar-refractivity contribution in [3.63, 3.8) is 0 Å². The summed E-state index contributed by atoms with van der Waals surface area (Å²) in [5.74, 6) is 2.62. The lowest BCUT2D eigenvalue weighted by atomic mass is 10.2. The molecule has 1 aromatic heterocycles. The summed E-state index contributed by atoms with van der Waals surface area (Å²) in [7, 11) is 4.71. The molecule has 4 rings (SSSR count). The van der Waals surface area contributed by atoms with Gasteiger partial charge in [0.25, 0.3) is 0 Å². The molecular weight excluding hydrogens is 400 g/mol. The van der Waals surface area contributed by atoms with E-state index < -0.39 is 0 Å². The number of likely N-dealkylation sites (tertiary alicyclic amines) is 1. The van der Waals surface area contributed by atoms with Gasteiger partial charge < -0.3 is 29.0 Å². The smallest absolute Gasteiger partial charge is 0.322 e. The molecule has 0 spiro atoms. The van der Waals surface area contributed by atoms with Gasteiger partial charge in [-0.15, -0.1) is 0 Å². The number of carbonyl (C=O) groups excluding carboxylic acids is 1. The van der Waals surface area contributed by atoms with Crippen LogP contribution in [0.2, 0.25) is 0 Å². The quantitative estimate of drug-likeness (QED) is 0.635. The number of ether oxygens (including phenoxy) is 3. The first-order chi connectivity index (χ1) is 15.1. The lowest BCUT2D eigenvalue weighted by Gasteiger charge is -2.22. The number of aromatic nitrogens is 2. The fourth-order valence-corrected chi connectivity index (χ4v) is 3.69. The summed E-state index contributed by atoms with van der Waals surface area (Å²) in [5.41, 5.74) is 1.34. The maximum atomic E-state index is 13.0. The first-order valence-electron chi connectivity index (χ1n) is 9.91. The molecule has 3 aromatic rings. The molecular formula is C22H24N4O5. The third kappa shape index (κ3) is 4.11. The first-order valence-corrected chi connectivity index (χ1v) is 9.91. The van der Waals surface area contributed by atoms with E-state index >= 15 is 0 Å². The number of benzene rings is 2. The Hall–Kier alpha value is -3.75. The average Bonchev–Trinajstić information content (AvgIpc) is 3.48. The molecule has 1 saturated heterocycles. The van der Waals surface area contributed by atoms with Crippen LogP contribution in [0.5, 0.6) is 17.2 Å². The van der Waals surface area contributed by atoms with Crippen molar-refractivity contribution in [2.75, 3.05) is 33.2 Å². The Morgan fingerprint density at radius 3 is 2.61 bits per heavy atom. The maximum Gasteiger partial charge on any atom is 0.322 e. The van der Waals surface area contributed by atoms with Crippen LogP contribution in [0.4, 0.5) is 10.5 Å². The highest BCUT2D eigenvalue weighted by atomic mass is 16.5. The van der Waals surface area contributed by atoms with Gasteiger partial charge in [-0.05, 0) is 37.1 Å². The average molecular weight is 424 g/mol. The normalized spacial score (nSPS) is 15.6. The lowest BCUT2D eigenvalue weighted by Crippen LogP contribution is -2.34. The number of carbonyl (C=O) groups is 1. The van der Waals surface area contributed by atoms with E-state index in [0.717, 1.165) is 18.4 Å². The van der Waals surface area contributed by atoms with Crippen LogP contribution in [0, 0.1) is 0 Å².